The Kier molecular flexibility index (Phi) is 3.83. The van der Waals surface area contributed by atoms with Crippen LogP contribution in [0.1, 0.15) is 18.6 Å². The number of aromatic nitrogens is 1. The van der Waals surface area contributed by atoms with Crippen LogP contribution in [0, 0.1) is 5.92 Å². The van der Waals surface area contributed by atoms with Gasteiger partial charge in [0.05, 0.1) is 16.7 Å². The molecule has 0 aliphatic heterocycles. The van der Waals surface area contributed by atoms with Crippen molar-refractivity contribution in [2.45, 2.75) is 23.3 Å². The van der Waals surface area contributed by atoms with Gasteiger partial charge in [-0.05, 0) is 49.1 Å². The maximum absolute atomic E-state index is 12.7. The number of aliphatic hydroxyl groups is 1. The van der Waals surface area contributed by atoms with E-state index in [1.54, 1.807) is 12.1 Å². The van der Waals surface area contributed by atoms with Crippen LogP contribution in [0.2, 0.25) is 0 Å². The molecule has 1 atom stereocenters. The van der Waals surface area contributed by atoms with Gasteiger partial charge in [0.2, 0.25) is 10.0 Å². The summed E-state index contributed by atoms with van der Waals surface area (Å²) in [6, 6.07) is 7.46. The number of oxazole rings is 1. The molecule has 3 aromatic rings. The minimum Gasteiger partial charge on any atom is -0.466 e. The topological polar surface area (TPSA) is 115 Å². The van der Waals surface area contributed by atoms with Crippen LogP contribution in [0.3, 0.4) is 0 Å². The fourth-order valence-electron chi connectivity index (χ4n) is 3.08. The standard InChI is InChI=1S/C17H18N2O6S/c1-19-13-9-12(6-7-14(13)25-16(19)20)26(22,23)18-10-17(21,11-4-5-11)15-3-2-8-24-15/h2-3,6-9,11,18,21H,4-5,10H2,1H3. The monoisotopic (exact) mass is 378 g/mol. The lowest BCUT2D eigenvalue weighted by atomic mass is 9.95. The molecular weight excluding hydrogens is 360 g/mol. The highest BCUT2D eigenvalue weighted by molar-refractivity contribution is 7.89. The van der Waals surface area contributed by atoms with E-state index in [2.05, 4.69) is 4.72 Å². The first-order chi connectivity index (χ1) is 12.3. The van der Waals surface area contributed by atoms with Gasteiger partial charge in [0.1, 0.15) is 11.4 Å². The number of benzene rings is 1. The Hall–Kier alpha value is -2.36. The molecule has 0 radical (unpaired) electrons. The number of furan rings is 1. The summed E-state index contributed by atoms with van der Waals surface area (Å²) in [6.07, 6.45) is 3.06. The molecule has 0 amide bonds. The summed E-state index contributed by atoms with van der Waals surface area (Å²) >= 11 is 0. The van der Waals surface area contributed by atoms with E-state index >= 15 is 0 Å². The van der Waals surface area contributed by atoms with Gasteiger partial charge in [0.25, 0.3) is 0 Å². The van der Waals surface area contributed by atoms with E-state index in [1.165, 1.54) is 36.1 Å². The third kappa shape index (κ3) is 2.77. The first-order valence-corrected chi connectivity index (χ1v) is 9.65. The van der Waals surface area contributed by atoms with Crippen molar-refractivity contribution in [2.24, 2.45) is 13.0 Å². The van der Waals surface area contributed by atoms with Crippen molar-refractivity contribution < 1.29 is 22.4 Å². The summed E-state index contributed by atoms with van der Waals surface area (Å²) in [5.74, 6) is -0.271. The second kappa shape index (κ2) is 5.83. The van der Waals surface area contributed by atoms with E-state index in [1.807, 2.05) is 0 Å². The highest BCUT2D eigenvalue weighted by Gasteiger charge is 2.47. The predicted molar refractivity (Wildman–Crippen MR) is 92.0 cm³/mol. The van der Waals surface area contributed by atoms with Crippen molar-refractivity contribution in [3.8, 4) is 0 Å². The molecule has 0 spiro atoms. The van der Waals surface area contributed by atoms with E-state index in [0.29, 0.717) is 16.9 Å². The van der Waals surface area contributed by atoms with Crippen LogP contribution in [0.25, 0.3) is 11.1 Å². The summed E-state index contributed by atoms with van der Waals surface area (Å²) in [6.45, 7) is -0.199. The SMILES string of the molecule is Cn1c(=O)oc2ccc(S(=O)(=O)NCC(O)(c3ccco3)C3CC3)cc21. The highest BCUT2D eigenvalue weighted by Crippen LogP contribution is 2.45. The Bertz CT molecular complexity index is 1110. The van der Waals surface area contributed by atoms with Crippen molar-refractivity contribution in [3.63, 3.8) is 0 Å². The molecule has 2 N–H and O–H groups in total. The van der Waals surface area contributed by atoms with E-state index in [9.17, 15) is 18.3 Å². The van der Waals surface area contributed by atoms with Gasteiger partial charge in [0, 0.05) is 13.6 Å². The summed E-state index contributed by atoms with van der Waals surface area (Å²) < 4.78 is 39.4. The Morgan fingerprint density at radius 2 is 2.12 bits per heavy atom. The lowest BCUT2D eigenvalue weighted by molar-refractivity contribution is -0.00224. The van der Waals surface area contributed by atoms with Crippen LogP contribution >= 0.6 is 0 Å². The molecule has 138 valence electrons. The molecule has 1 aromatic carbocycles. The van der Waals surface area contributed by atoms with Gasteiger partial charge < -0.3 is 13.9 Å². The van der Waals surface area contributed by atoms with E-state index in [0.717, 1.165) is 12.8 Å². The van der Waals surface area contributed by atoms with E-state index in [4.69, 9.17) is 8.83 Å². The number of hydrogen-bond donors (Lipinski definition) is 2. The van der Waals surface area contributed by atoms with Gasteiger partial charge in [-0.15, -0.1) is 0 Å². The van der Waals surface area contributed by atoms with Gasteiger partial charge in [-0.2, -0.15) is 0 Å². The molecule has 26 heavy (non-hydrogen) atoms. The minimum absolute atomic E-state index is 0.0148. The Labute approximate surface area is 149 Å². The molecule has 1 aliphatic carbocycles. The largest absolute Gasteiger partial charge is 0.466 e. The van der Waals surface area contributed by atoms with Crippen molar-refractivity contribution in [1.82, 2.24) is 9.29 Å². The van der Waals surface area contributed by atoms with Crippen LogP contribution in [-0.4, -0.2) is 24.6 Å². The molecule has 9 heteroatoms. The van der Waals surface area contributed by atoms with Crippen LogP contribution < -0.4 is 10.5 Å². The van der Waals surface area contributed by atoms with Gasteiger partial charge in [-0.25, -0.2) is 17.9 Å². The highest BCUT2D eigenvalue weighted by atomic mass is 32.2. The number of hydrogen-bond acceptors (Lipinski definition) is 6. The summed E-state index contributed by atoms with van der Waals surface area (Å²) in [5.41, 5.74) is -0.703. The van der Waals surface area contributed by atoms with Crippen molar-refractivity contribution in [1.29, 1.82) is 0 Å². The van der Waals surface area contributed by atoms with Crippen molar-refractivity contribution in [3.05, 3.63) is 52.9 Å². The number of rotatable bonds is 6. The van der Waals surface area contributed by atoms with Crippen molar-refractivity contribution >= 4 is 21.1 Å². The Morgan fingerprint density at radius 3 is 2.77 bits per heavy atom. The number of fused-ring (bicyclic) bond motifs is 1. The molecule has 1 fully saturated rings. The lowest BCUT2D eigenvalue weighted by Crippen LogP contribution is -2.42. The van der Waals surface area contributed by atoms with Crippen LogP contribution in [0.4, 0.5) is 0 Å². The van der Waals surface area contributed by atoms with E-state index in [-0.39, 0.29) is 17.4 Å². The number of sulfonamides is 1. The molecule has 4 rings (SSSR count). The zero-order valence-electron chi connectivity index (χ0n) is 14.0. The van der Waals surface area contributed by atoms with Gasteiger partial charge in [-0.1, -0.05) is 0 Å². The quantitative estimate of drug-likeness (QED) is 0.668. The molecule has 8 nitrogen and oxygen atoms in total. The number of nitrogens with one attached hydrogen (secondary N) is 1. The smallest absolute Gasteiger partial charge is 0.419 e. The van der Waals surface area contributed by atoms with Gasteiger partial charge >= 0.3 is 5.76 Å². The van der Waals surface area contributed by atoms with Crippen LogP contribution in [-0.2, 0) is 22.7 Å². The van der Waals surface area contributed by atoms with E-state index < -0.39 is 21.4 Å². The molecule has 2 heterocycles. The summed E-state index contributed by atoms with van der Waals surface area (Å²) in [4.78, 5) is 11.5. The molecule has 1 unspecified atom stereocenters. The maximum atomic E-state index is 12.7. The Balaban J connectivity index is 1.63. The Morgan fingerprint density at radius 1 is 1.35 bits per heavy atom. The summed E-state index contributed by atoms with van der Waals surface area (Å²) in [7, 11) is -2.40. The fourth-order valence-corrected chi connectivity index (χ4v) is 4.17. The molecular formula is C17H18N2O6S. The van der Waals surface area contributed by atoms with Gasteiger partial charge in [-0.3, -0.25) is 4.57 Å². The third-order valence-electron chi connectivity index (χ3n) is 4.81. The molecule has 0 bridgehead atoms. The first kappa shape index (κ1) is 17.1. The minimum atomic E-state index is -3.90. The second-order valence-electron chi connectivity index (χ2n) is 6.56. The predicted octanol–water partition coefficient (Wildman–Crippen LogP) is 1.30. The zero-order chi connectivity index (χ0) is 18.5. The molecule has 0 saturated heterocycles. The first-order valence-electron chi connectivity index (χ1n) is 8.17. The molecule has 2 aromatic heterocycles. The maximum Gasteiger partial charge on any atom is 0.419 e. The third-order valence-corrected chi connectivity index (χ3v) is 6.20. The lowest BCUT2D eigenvalue weighted by Gasteiger charge is -2.26. The normalized spacial score (nSPS) is 17.5. The van der Waals surface area contributed by atoms with Crippen LogP contribution in [0.15, 0.2) is 55.1 Å². The molecule has 1 saturated carbocycles. The summed E-state index contributed by atoms with van der Waals surface area (Å²) in [5, 5.41) is 11.0. The average molecular weight is 378 g/mol. The molecule has 1 aliphatic rings. The average Bonchev–Trinajstić information content (AvgIpc) is 3.25. The second-order valence-corrected chi connectivity index (χ2v) is 8.32. The zero-order valence-corrected chi connectivity index (χ0v) is 14.8. The fraction of sp³-hybridized carbons (Fsp3) is 0.353. The number of aryl methyl sites for hydroxylation is 1. The van der Waals surface area contributed by atoms with Crippen LogP contribution in [0.5, 0.6) is 0 Å². The van der Waals surface area contributed by atoms with Crippen molar-refractivity contribution in [2.75, 3.05) is 6.54 Å². The van der Waals surface area contributed by atoms with Gasteiger partial charge in [0.15, 0.2) is 5.58 Å². The number of nitrogens with zero attached hydrogens (tertiary/aromatic N) is 1.